The molecular weight excluding hydrogens is 406 g/mol. The number of nitrogens with one attached hydrogen (secondary N) is 1. The van der Waals surface area contributed by atoms with Crippen molar-refractivity contribution in [2.24, 2.45) is 11.0 Å². The van der Waals surface area contributed by atoms with Crippen molar-refractivity contribution >= 4 is 35.0 Å². The predicted octanol–water partition coefficient (Wildman–Crippen LogP) is 4.33. The first-order valence-electron chi connectivity index (χ1n) is 10.1. The standard InChI is InChI=1S/C25H23N3O2S/c1-31-22-14-8-13-21(16-22)28-17-20(15-23(28)29)25(30)27-26-24(18-9-4-2-5-10-18)19-11-6-3-7-12-19/h2-14,16,20H,15,17H2,1H3,(H,27,30). The Morgan fingerprint density at radius 3 is 2.23 bits per heavy atom. The average molecular weight is 430 g/mol. The van der Waals surface area contributed by atoms with Crippen molar-refractivity contribution in [2.75, 3.05) is 17.7 Å². The summed E-state index contributed by atoms with van der Waals surface area (Å²) in [7, 11) is 0. The van der Waals surface area contributed by atoms with Gasteiger partial charge in [-0.3, -0.25) is 9.59 Å². The molecule has 1 aliphatic rings. The van der Waals surface area contributed by atoms with E-state index in [4.69, 9.17) is 0 Å². The Morgan fingerprint density at radius 2 is 1.61 bits per heavy atom. The number of nitrogens with zero attached hydrogens (tertiary/aromatic N) is 2. The maximum Gasteiger partial charge on any atom is 0.245 e. The van der Waals surface area contributed by atoms with E-state index < -0.39 is 5.92 Å². The molecule has 0 spiro atoms. The lowest BCUT2D eigenvalue weighted by atomic mass is 10.0. The molecule has 156 valence electrons. The highest BCUT2D eigenvalue weighted by atomic mass is 32.2. The lowest BCUT2D eigenvalue weighted by Gasteiger charge is -2.17. The highest BCUT2D eigenvalue weighted by molar-refractivity contribution is 7.98. The number of hydrogen-bond donors (Lipinski definition) is 1. The highest BCUT2D eigenvalue weighted by Crippen LogP contribution is 2.28. The molecule has 4 rings (SSSR count). The Bertz CT molecular complexity index is 1060. The van der Waals surface area contributed by atoms with Gasteiger partial charge in [0.1, 0.15) is 0 Å². The molecule has 1 heterocycles. The van der Waals surface area contributed by atoms with Gasteiger partial charge < -0.3 is 4.90 Å². The highest BCUT2D eigenvalue weighted by Gasteiger charge is 2.35. The molecule has 1 fully saturated rings. The molecule has 1 unspecified atom stereocenters. The van der Waals surface area contributed by atoms with Gasteiger partial charge in [0, 0.05) is 34.7 Å². The van der Waals surface area contributed by atoms with Gasteiger partial charge in [0.2, 0.25) is 11.8 Å². The van der Waals surface area contributed by atoms with E-state index in [-0.39, 0.29) is 18.2 Å². The zero-order chi connectivity index (χ0) is 21.6. The summed E-state index contributed by atoms with van der Waals surface area (Å²) < 4.78 is 0. The van der Waals surface area contributed by atoms with Crippen molar-refractivity contribution in [1.82, 2.24) is 5.43 Å². The van der Waals surface area contributed by atoms with Gasteiger partial charge in [0.05, 0.1) is 11.6 Å². The zero-order valence-corrected chi connectivity index (χ0v) is 18.0. The van der Waals surface area contributed by atoms with Crippen molar-refractivity contribution in [3.05, 3.63) is 96.1 Å². The van der Waals surface area contributed by atoms with Crippen LogP contribution in [0.15, 0.2) is 94.9 Å². The average Bonchev–Trinajstić information content (AvgIpc) is 3.22. The molecule has 3 aromatic carbocycles. The first kappa shape index (κ1) is 20.9. The van der Waals surface area contributed by atoms with Crippen molar-refractivity contribution < 1.29 is 9.59 Å². The number of hydrazone groups is 1. The van der Waals surface area contributed by atoms with Crippen LogP contribution in [-0.4, -0.2) is 30.3 Å². The van der Waals surface area contributed by atoms with Crippen LogP contribution in [0.2, 0.25) is 0 Å². The van der Waals surface area contributed by atoms with Crippen LogP contribution in [0.4, 0.5) is 5.69 Å². The Labute approximate surface area is 186 Å². The molecule has 0 aromatic heterocycles. The second-order valence-electron chi connectivity index (χ2n) is 7.28. The monoisotopic (exact) mass is 429 g/mol. The zero-order valence-electron chi connectivity index (χ0n) is 17.2. The minimum absolute atomic E-state index is 0.0475. The Morgan fingerprint density at radius 1 is 0.968 bits per heavy atom. The summed E-state index contributed by atoms with van der Waals surface area (Å²) in [5.74, 6) is -0.739. The van der Waals surface area contributed by atoms with Crippen molar-refractivity contribution in [2.45, 2.75) is 11.3 Å². The van der Waals surface area contributed by atoms with Gasteiger partial charge in [-0.1, -0.05) is 66.7 Å². The minimum Gasteiger partial charge on any atom is -0.312 e. The molecule has 0 saturated carbocycles. The molecule has 1 atom stereocenters. The fraction of sp³-hybridized carbons (Fsp3) is 0.160. The summed E-state index contributed by atoms with van der Waals surface area (Å²) in [6.45, 7) is 0.351. The number of thioether (sulfide) groups is 1. The van der Waals surface area contributed by atoms with Crippen LogP contribution in [0, 0.1) is 5.92 Å². The van der Waals surface area contributed by atoms with E-state index in [2.05, 4.69) is 10.5 Å². The molecule has 2 amide bonds. The molecule has 0 bridgehead atoms. The Kier molecular flexibility index (Phi) is 6.48. The largest absolute Gasteiger partial charge is 0.312 e. The fourth-order valence-corrected chi connectivity index (χ4v) is 4.05. The van der Waals surface area contributed by atoms with Gasteiger partial charge >= 0.3 is 0 Å². The van der Waals surface area contributed by atoms with Crippen LogP contribution in [0.25, 0.3) is 0 Å². The van der Waals surface area contributed by atoms with Crippen molar-refractivity contribution in [3.63, 3.8) is 0 Å². The second-order valence-corrected chi connectivity index (χ2v) is 8.16. The van der Waals surface area contributed by atoms with Gasteiger partial charge in [0.15, 0.2) is 0 Å². The number of hydrogen-bond acceptors (Lipinski definition) is 4. The quantitative estimate of drug-likeness (QED) is 0.360. The van der Waals surface area contributed by atoms with E-state index in [1.54, 1.807) is 16.7 Å². The van der Waals surface area contributed by atoms with Gasteiger partial charge in [-0.15, -0.1) is 11.8 Å². The number of carbonyl (C=O) groups excluding carboxylic acids is 2. The third kappa shape index (κ3) is 4.86. The third-order valence-corrected chi connectivity index (χ3v) is 5.96. The minimum atomic E-state index is -0.443. The summed E-state index contributed by atoms with van der Waals surface area (Å²) in [6.07, 6.45) is 2.17. The van der Waals surface area contributed by atoms with Crippen LogP contribution >= 0.6 is 11.8 Å². The van der Waals surface area contributed by atoms with Crippen LogP contribution in [0.1, 0.15) is 17.5 Å². The topological polar surface area (TPSA) is 61.8 Å². The second kappa shape index (κ2) is 9.62. The third-order valence-electron chi connectivity index (χ3n) is 5.23. The molecule has 1 aliphatic heterocycles. The molecule has 3 aromatic rings. The Balaban J connectivity index is 1.51. The number of anilines is 1. The number of benzene rings is 3. The molecule has 1 saturated heterocycles. The number of carbonyl (C=O) groups is 2. The molecule has 6 heteroatoms. The maximum atomic E-state index is 12.9. The van der Waals surface area contributed by atoms with Gasteiger partial charge in [0.25, 0.3) is 0 Å². The summed E-state index contributed by atoms with van der Waals surface area (Å²) >= 11 is 1.62. The predicted molar refractivity (Wildman–Crippen MR) is 125 cm³/mol. The lowest BCUT2D eigenvalue weighted by Crippen LogP contribution is -2.31. The maximum absolute atomic E-state index is 12.9. The molecular formula is C25H23N3O2S. The number of rotatable bonds is 6. The summed E-state index contributed by atoms with van der Waals surface area (Å²) in [4.78, 5) is 28.2. The van der Waals surface area contributed by atoms with E-state index in [1.807, 2.05) is 91.2 Å². The Hall–Kier alpha value is -3.38. The van der Waals surface area contributed by atoms with Crippen LogP contribution in [-0.2, 0) is 9.59 Å². The first-order valence-corrected chi connectivity index (χ1v) is 11.3. The molecule has 5 nitrogen and oxygen atoms in total. The smallest absolute Gasteiger partial charge is 0.245 e. The summed E-state index contributed by atoms with van der Waals surface area (Å²) in [6, 6.07) is 27.3. The van der Waals surface area contributed by atoms with E-state index >= 15 is 0 Å². The van der Waals surface area contributed by atoms with E-state index in [0.717, 1.165) is 21.7 Å². The van der Waals surface area contributed by atoms with Gasteiger partial charge in [-0.05, 0) is 24.5 Å². The lowest BCUT2D eigenvalue weighted by molar-refractivity contribution is -0.126. The van der Waals surface area contributed by atoms with Gasteiger partial charge in [-0.2, -0.15) is 5.10 Å². The van der Waals surface area contributed by atoms with Crippen molar-refractivity contribution in [1.29, 1.82) is 0 Å². The normalized spacial score (nSPS) is 15.6. The fourth-order valence-electron chi connectivity index (χ4n) is 3.60. The molecule has 1 N–H and O–H groups in total. The first-order chi connectivity index (χ1) is 15.2. The van der Waals surface area contributed by atoms with Crippen LogP contribution in [0.3, 0.4) is 0 Å². The molecule has 0 aliphatic carbocycles. The number of amides is 2. The van der Waals surface area contributed by atoms with Crippen LogP contribution in [0.5, 0.6) is 0 Å². The SMILES string of the molecule is CSc1cccc(N2CC(C(=O)NN=C(c3ccccc3)c3ccccc3)CC2=O)c1. The molecule has 31 heavy (non-hydrogen) atoms. The van der Waals surface area contributed by atoms with E-state index in [1.165, 1.54) is 0 Å². The van der Waals surface area contributed by atoms with Crippen LogP contribution < -0.4 is 10.3 Å². The summed E-state index contributed by atoms with van der Waals surface area (Å²) in [5, 5.41) is 4.44. The van der Waals surface area contributed by atoms with Gasteiger partial charge in [-0.25, -0.2) is 5.43 Å². The van der Waals surface area contributed by atoms with E-state index in [0.29, 0.717) is 12.3 Å². The van der Waals surface area contributed by atoms with E-state index in [9.17, 15) is 9.59 Å². The molecule has 0 radical (unpaired) electrons. The van der Waals surface area contributed by atoms with Crippen molar-refractivity contribution in [3.8, 4) is 0 Å². The summed E-state index contributed by atoms with van der Waals surface area (Å²) in [5.41, 5.74) is 6.03.